The third kappa shape index (κ3) is 3.12. The summed E-state index contributed by atoms with van der Waals surface area (Å²) < 4.78 is 0. The fourth-order valence-electron chi connectivity index (χ4n) is 1.92. The van der Waals surface area contributed by atoms with Crippen molar-refractivity contribution in [2.45, 2.75) is 46.1 Å². The molecule has 102 valence electrons. The molecular formula is C14H23NO3. The molecule has 1 rings (SSSR count). The monoisotopic (exact) mass is 253 g/mol. The van der Waals surface area contributed by atoms with E-state index in [-0.39, 0.29) is 18.2 Å². The van der Waals surface area contributed by atoms with Crippen molar-refractivity contribution in [2.75, 3.05) is 6.54 Å². The second-order valence-electron chi connectivity index (χ2n) is 5.62. The SMILES string of the molecule is C=CCN(C(=O)CC(C)(C(=O)O)C(C)C)C1CC1. The summed E-state index contributed by atoms with van der Waals surface area (Å²) in [6.45, 7) is 9.50. The lowest BCUT2D eigenvalue weighted by molar-refractivity contribution is -0.155. The predicted octanol–water partition coefficient (Wildman–Crippen LogP) is 2.30. The van der Waals surface area contributed by atoms with Crippen LogP contribution in [0.5, 0.6) is 0 Å². The molecule has 1 N–H and O–H groups in total. The van der Waals surface area contributed by atoms with Gasteiger partial charge >= 0.3 is 5.97 Å². The Morgan fingerprint density at radius 2 is 2.06 bits per heavy atom. The molecule has 1 fully saturated rings. The van der Waals surface area contributed by atoms with E-state index in [9.17, 15) is 14.7 Å². The van der Waals surface area contributed by atoms with Crippen molar-refractivity contribution < 1.29 is 14.7 Å². The molecule has 0 saturated heterocycles. The van der Waals surface area contributed by atoms with Gasteiger partial charge in [-0.15, -0.1) is 6.58 Å². The first kappa shape index (κ1) is 14.7. The highest BCUT2D eigenvalue weighted by Gasteiger charge is 2.41. The molecule has 1 atom stereocenters. The first-order chi connectivity index (χ1) is 8.32. The summed E-state index contributed by atoms with van der Waals surface area (Å²) in [6.07, 6.45) is 3.80. The van der Waals surface area contributed by atoms with Crippen molar-refractivity contribution in [3.8, 4) is 0 Å². The third-order valence-corrected chi connectivity index (χ3v) is 3.92. The number of rotatable bonds is 7. The van der Waals surface area contributed by atoms with Crippen molar-refractivity contribution in [3.63, 3.8) is 0 Å². The van der Waals surface area contributed by atoms with Gasteiger partial charge in [0.05, 0.1) is 5.41 Å². The van der Waals surface area contributed by atoms with Crippen molar-refractivity contribution in [1.82, 2.24) is 4.90 Å². The summed E-state index contributed by atoms with van der Waals surface area (Å²) in [7, 11) is 0. The predicted molar refractivity (Wildman–Crippen MR) is 70.1 cm³/mol. The van der Waals surface area contributed by atoms with E-state index in [2.05, 4.69) is 6.58 Å². The van der Waals surface area contributed by atoms with Crippen molar-refractivity contribution >= 4 is 11.9 Å². The summed E-state index contributed by atoms with van der Waals surface area (Å²) in [5.41, 5.74) is -0.995. The van der Waals surface area contributed by atoms with E-state index in [1.54, 1.807) is 17.9 Å². The Morgan fingerprint density at radius 1 is 1.50 bits per heavy atom. The third-order valence-electron chi connectivity index (χ3n) is 3.92. The van der Waals surface area contributed by atoms with Gasteiger partial charge < -0.3 is 10.0 Å². The fraction of sp³-hybridized carbons (Fsp3) is 0.714. The molecule has 18 heavy (non-hydrogen) atoms. The second-order valence-corrected chi connectivity index (χ2v) is 5.62. The Kier molecular flexibility index (Phi) is 4.54. The molecule has 1 aliphatic carbocycles. The van der Waals surface area contributed by atoms with Crippen LogP contribution in [0.2, 0.25) is 0 Å². The molecule has 1 saturated carbocycles. The van der Waals surface area contributed by atoms with Crippen LogP contribution in [0, 0.1) is 11.3 Å². The van der Waals surface area contributed by atoms with Crippen LogP contribution in [0.4, 0.5) is 0 Å². The van der Waals surface area contributed by atoms with E-state index in [0.29, 0.717) is 12.6 Å². The van der Waals surface area contributed by atoms with Crippen LogP contribution in [0.1, 0.15) is 40.0 Å². The van der Waals surface area contributed by atoms with E-state index in [4.69, 9.17) is 0 Å². The van der Waals surface area contributed by atoms with Crippen LogP contribution in [-0.2, 0) is 9.59 Å². The average Bonchev–Trinajstić information content (AvgIpc) is 3.08. The number of hydrogen-bond donors (Lipinski definition) is 1. The minimum Gasteiger partial charge on any atom is -0.481 e. The van der Waals surface area contributed by atoms with Crippen LogP contribution in [0.25, 0.3) is 0 Å². The zero-order valence-corrected chi connectivity index (χ0v) is 11.5. The van der Waals surface area contributed by atoms with Crippen LogP contribution >= 0.6 is 0 Å². The molecule has 0 radical (unpaired) electrons. The van der Waals surface area contributed by atoms with Crippen LogP contribution in [0.3, 0.4) is 0 Å². The number of carbonyl (C=O) groups is 2. The minimum atomic E-state index is -0.995. The number of carboxylic acid groups (broad SMARTS) is 1. The number of aliphatic carboxylic acids is 1. The van der Waals surface area contributed by atoms with Gasteiger partial charge in [0.25, 0.3) is 0 Å². The number of hydrogen-bond acceptors (Lipinski definition) is 2. The lowest BCUT2D eigenvalue weighted by atomic mass is 9.76. The summed E-state index contributed by atoms with van der Waals surface area (Å²) in [5, 5.41) is 9.33. The zero-order chi connectivity index (χ0) is 13.9. The largest absolute Gasteiger partial charge is 0.481 e. The lowest BCUT2D eigenvalue weighted by Gasteiger charge is -2.31. The Bertz CT molecular complexity index is 347. The first-order valence-corrected chi connectivity index (χ1v) is 6.46. The van der Waals surface area contributed by atoms with E-state index in [1.165, 1.54) is 0 Å². The van der Waals surface area contributed by atoms with Gasteiger partial charge in [-0.25, -0.2) is 0 Å². The summed E-state index contributed by atoms with van der Waals surface area (Å²) >= 11 is 0. The highest BCUT2D eigenvalue weighted by Crippen LogP contribution is 2.34. The summed E-state index contributed by atoms with van der Waals surface area (Å²) in [4.78, 5) is 25.4. The molecule has 0 spiro atoms. The molecule has 0 aromatic rings. The van der Waals surface area contributed by atoms with Gasteiger partial charge in [0.2, 0.25) is 5.91 Å². The van der Waals surface area contributed by atoms with Gasteiger partial charge in [-0.3, -0.25) is 9.59 Å². The molecule has 4 heteroatoms. The van der Waals surface area contributed by atoms with Gasteiger partial charge in [-0.05, 0) is 25.7 Å². The van der Waals surface area contributed by atoms with Gasteiger partial charge in [0.15, 0.2) is 0 Å². The van der Waals surface area contributed by atoms with Gasteiger partial charge in [-0.2, -0.15) is 0 Å². The van der Waals surface area contributed by atoms with E-state index in [0.717, 1.165) is 12.8 Å². The van der Waals surface area contributed by atoms with Crippen molar-refractivity contribution in [1.29, 1.82) is 0 Å². The second kappa shape index (κ2) is 5.55. The minimum absolute atomic E-state index is 0.0599. The quantitative estimate of drug-likeness (QED) is 0.708. The Hall–Kier alpha value is -1.32. The van der Waals surface area contributed by atoms with Crippen LogP contribution in [0.15, 0.2) is 12.7 Å². The van der Waals surface area contributed by atoms with E-state index in [1.807, 2.05) is 13.8 Å². The van der Waals surface area contributed by atoms with E-state index < -0.39 is 11.4 Å². The Labute approximate surface area is 109 Å². The normalized spacial score (nSPS) is 18.2. The Balaban J connectivity index is 2.76. The molecule has 1 amide bonds. The molecule has 1 aliphatic rings. The standard InChI is InChI=1S/C14H23NO3/c1-5-8-15(11-6-7-11)12(16)9-14(4,10(2)3)13(17)18/h5,10-11H,1,6-9H2,2-4H3,(H,17,18). The molecule has 1 unspecified atom stereocenters. The summed E-state index contributed by atoms with van der Waals surface area (Å²) in [5.74, 6) is -1.06. The number of carboxylic acids is 1. The molecule has 0 aliphatic heterocycles. The van der Waals surface area contributed by atoms with Crippen LogP contribution < -0.4 is 0 Å². The zero-order valence-electron chi connectivity index (χ0n) is 11.5. The van der Waals surface area contributed by atoms with Crippen molar-refractivity contribution in [2.24, 2.45) is 11.3 Å². The average molecular weight is 253 g/mol. The smallest absolute Gasteiger partial charge is 0.310 e. The number of nitrogens with zero attached hydrogens (tertiary/aromatic N) is 1. The maximum Gasteiger partial charge on any atom is 0.310 e. The molecule has 0 aromatic carbocycles. The maximum atomic E-state index is 12.3. The molecule has 4 nitrogen and oxygen atoms in total. The molecular weight excluding hydrogens is 230 g/mol. The van der Waals surface area contributed by atoms with Gasteiger partial charge in [0, 0.05) is 19.0 Å². The Morgan fingerprint density at radius 3 is 2.39 bits per heavy atom. The highest BCUT2D eigenvalue weighted by atomic mass is 16.4. The van der Waals surface area contributed by atoms with Crippen LogP contribution in [-0.4, -0.2) is 34.5 Å². The maximum absolute atomic E-state index is 12.3. The number of carbonyl (C=O) groups excluding carboxylic acids is 1. The fourth-order valence-corrected chi connectivity index (χ4v) is 1.92. The molecule has 0 aromatic heterocycles. The van der Waals surface area contributed by atoms with Gasteiger partial charge in [0.1, 0.15) is 0 Å². The highest BCUT2D eigenvalue weighted by molar-refractivity contribution is 5.85. The van der Waals surface area contributed by atoms with Crippen molar-refractivity contribution in [3.05, 3.63) is 12.7 Å². The lowest BCUT2D eigenvalue weighted by Crippen LogP contribution is -2.42. The first-order valence-electron chi connectivity index (χ1n) is 6.46. The number of amides is 1. The topological polar surface area (TPSA) is 57.6 Å². The van der Waals surface area contributed by atoms with E-state index >= 15 is 0 Å². The summed E-state index contributed by atoms with van der Waals surface area (Å²) in [6, 6.07) is 0.292. The molecule has 0 bridgehead atoms. The molecule has 0 heterocycles. The van der Waals surface area contributed by atoms with Gasteiger partial charge in [-0.1, -0.05) is 19.9 Å².